The maximum atomic E-state index is 8.77. The summed E-state index contributed by atoms with van der Waals surface area (Å²) in [5.41, 5.74) is 0.883. The molecule has 19 heavy (non-hydrogen) atoms. The van der Waals surface area contributed by atoms with Gasteiger partial charge in [-0.15, -0.1) is 0 Å². The van der Waals surface area contributed by atoms with Gasteiger partial charge in [0.1, 0.15) is 16.8 Å². The van der Waals surface area contributed by atoms with Crippen molar-refractivity contribution >= 4 is 17.4 Å². The van der Waals surface area contributed by atoms with Gasteiger partial charge in [-0.05, 0) is 27.2 Å². The smallest absolute Gasteiger partial charge is 0.137 e. The largest absolute Gasteiger partial charge is 0.353 e. The first-order valence-corrected chi connectivity index (χ1v) is 7.05. The van der Waals surface area contributed by atoms with E-state index < -0.39 is 0 Å². The van der Waals surface area contributed by atoms with Gasteiger partial charge in [-0.2, -0.15) is 5.26 Å². The molecule has 0 spiro atoms. The second-order valence-corrected chi connectivity index (χ2v) is 5.18. The number of halogens is 1. The third-order valence-electron chi connectivity index (χ3n) is 2.94. The van der Waals surface area contributed by atoms with Crippen molar-refractivity contribution in [1.82, 2.24) is 9.97 Å². The molecule has 1 rings (SSSR count). The van der Waals surface area contributed by atoms with E-state index in [1.54, 1.807) is 0 Å². The molecule has 1 aromatic heterocycles. The Bertz CT molecular complexity index is 465. The van der Waals surface area contributed by atoms with E-state index >= 15 is 0 Å². The van der Waals surface area contributed by atoms with E-state index in [-0.39, 0.29) is 6.04 Å². The van der Waals surface area contributed by atoms with Gasteiger partial charge < -0.3 is 4.90 Å². The fourth-order valence-electron chi connectivity index (χ4n) is 1.91. The Kier molecular flexibility index (Phi) is 6.04. The first-order chi connectivity index (χ1) is 9.01. The number of hydrogen-bond donors (Lipinski definition) is 0. The van der Waals surface area contributed by atoms with Gasteiger partial charge in [-0.1, -0.05) is 18.5 Å². The summed E-state index contributed by atoms with van der Waals surface area (Å²) in [6.07, 6.45) is 2.28. The maximum absolute atomic E-state index is 8.77. The molecule has 0 fully saturated rings. The summed E-state index contributed by atoms with van der Waals surface area (Å²) >= 11 is 6.19. The summed E-state index contributed by atoms with van der Waals surface area (Å²) in [5.74, 6) is 1.63. The molecule has 0 amide bonds. The Balaban J connectivity index is 3.17. The molecule has 1 heterocycles. The number of hydrogen-bond acceptors (Lipinski definition) is 4. The number of rotatable bonds is 6. The molecule has 0 saturated carbocycles. The fourth-order valence-corrected chi connectivity index (χ4v) is 2.10. The molecule has 0 unspecified atom stereocenters. The molecule has 0 saturated heterocycles. The van der Waals surface area contributed by atoms with Crippen LogP contribution >= 0.6 is 11.6 Å². The fraction of sp³-hybridized carbons (Fsp3) is 0.643. The average molecular weight is 281 g/mol. The zero-order chi connectivity index (χ0) is 14.4. The van der Waals surface area contributed by atoms with E-state index in [1.165, 1.54) is 0 Å². The van der Waals surface area contributed by atoms with Gasteiger partial charge in [-0.3, -0.25) is 0 Å². The number of nitrogens with zero attached hydrogens (tertiary/aromatic N) is 4. The third kappa shape index (κ3) is 4.07. The van der Waals surface area contributed by atoms with Crippen molar-refractivity contribution in [2.45, 2.75) is 53.0 Å². The Morgan fingerprint density at radius 2 is 2.05 bits per heavy atom. The van der Waals surface area contributed by atoms with Crippen LogP contribution < -0.4 is 4.90 Å². The molecule has 0 bridgehead atoms. The van der Waals surface area contributed by atoms with Gasteiger partial charge in [0.15, 0.2) is 0 Å². The zero-order valence-corrected chi connectivity index (χ0v) is 12.8. The molecular weight excluding hydrogens is 260 g/mol. The molecule has 4 nitrogen and oxygen atoms in total. The minimum Gasteiger partial charge on any atom is -0.353 e. The lowest BCUT2D eigenvalue weighted by molar-refractivity contribution is 0.667. The van der Waals surface area contributed by atoms with Gasteiger partial charge in [0.25, 0.3) is 0 Å². The Labute approximate surface area is 120 Å². The van der Waals surface area contributed by atoms with Crippen LogP contribution in [0.3, 0.4) is 0 Å². The van der Waals surface area contributed by atoms with Gasteiger partial charge >= 0.3 is 0 Å². The Hall–Kier alpha value is -1.34. The lowest BCUT2D eigenvalue weighted by atomic mass is 10.2. The molecule has 0 aliphatic heterocycles. The summed E-state index contributed by atoms with van der Waals surface area (Å²) in [7, 11) is 0. The predicted molar refractivity (Wildman–Crippen MR) is 78.5 cm³/mol. The average Bonchev–Trinajstić information content (AvgIpc) is 2.35. The van der Waals surface area contributed by atoms with Crippen molar-refractivity contribution in [2.75, 3.05) is 11.4 Å². The van der Waals surface area contributed by atoms with Gasteiger partial charge in [0.2, 0.25) is 0 Å². The molecule has 0 aromatic carbocycles. The van der Waals surface area contributed by atoms with Crippen LogP contribution in [0.1, 0.15) is 45.0 Å². The Morgan fingerprint density at radius 3 is 2.58 bits per heavy atom. The van der Waals surface area contributed by atoms with Crippen LogP contribution in [0.2, 0.25) is 5.15 Å². The molecule has 0 atom stereocenters. The van der Waals surface area contributed by atoms with Gasteiger partial charge in [-0.25, -0.2) is 9.97 Å². The highest BCUT2D eigenvalue weighted by Gasteiger charge is 2.17. The highest BCUT2D eigenvalue weighted by Crippen LogP contribution is 2.25. The summed E-state index contributed by atoms with van der Waals surface area (Å²) < 4.78 is 0. The summed E-state index contributed by atoms with van der Waals surface area (Å²) in [6.45, 7) is 8.86. The molecule has 0 N–H and O–H groups in total. The number of anilines is 1. The van der Waals surface area contributed by atoms with Crippen LogP contribution in [-0.2, 0) is 6.42 Å². The minimum absolute atomic E-state index is 0.271. The SMILES string of the molecule is CCCc1nc(Cl)c(C)c(N(CCC#N)C(C)C)n1. The number of aryl methyl sites for hydroxylation is 1. The minimum atomic E-state index is 0.271. The molecule has 0 aliphatic rings. The van der Waals surface area contributed by atoms with E-state index in [4.69, 9.17) is 16.9 Å². The van der Waals surface area contributed by atoms with Crippen molar-refractivity contribution in [1.29, 1.82) is 5.26 Å². The second-order valence-electron chi connectivity index (χ2n) is 4.82. The predicted octanol–water partition coefficient (Wildman–Crippen LogP) is 3.52. The molecule has 0 aliphatic carbocycles. The first kappa shape index (κ1) is 15.7. The van der Waals surface area contributed by atoms with Gasteiger partial charge in [0.05, 0.1) is 12.5 Å². The van der Waals surface area contributed by atoms with Crippen molar-refractivity contribution in [3.8, 4) is 6.07 Å². The third-order valence-corrected chi connectivity index (χ3v) is 3.31. The monoisotopic (exact) mass is 280 g/mol. The highest BCUT2D eigenvalue weighted by molar-refractivity contribution is 6.30. The van der Waals surface area contributed by atoms with Crippen LogP contribution in [0, 0.1) is 18.3 Å². The lowest BCUT2D eigenvalue weighted by Crippen LogP contribution is -2.33. The summed E-state index contributed by atoms with van der Waals surface area (Å²) in [4.78, 5) is 11.0. The van der Waals surface area contributed by atoms with Crippen molar-refractivity contribution in [2.24, 2.45) is 0 Å². The normalized spacial score (nSPS) is 10.6. The molecule has 1 aromatic rings. The van der Waals surface area contributed by atoms with Crippen LogP contribution in [0.4, 0.5) is 5.82 Å². The van der Waals surface area contributed by atoms with Crippen molar-refractivity contribution < 1.29 is 0 Å². The van der Waals surface area contributed by atoms with Crippen LogP contribution in [0.15, 0.2) is 0 Å². The molecular formula is C14H21ClN4. The first-order valence-electron chi connectivity index (χ1n) is 6.67. The quantitative estimate of drug-likeness (QED) is 0.748. The summed E-state index contributed by atoms with van der Waals surface area (Å²) in [5, 5.41) is 9.28. The molecule has 0 radical (unpaired) electrons. The lowest BCUT2D eigenvalue weighted by Gasteiger charge is -2.28. The number of nitriles is 1. The Morgan fingerprint density at radius 1 is 1.37 bits per heavy atom. The molecule has 104 valence electrons. The van der Waals surface area contributed by atoms with Crippen LogP contribution in [0.25, 0.3) is 0 Å². The summed E-state index contributed by atoms with van der Waals surface area (Å²) in [6, 6.07) is 2.45. The highest BCUT2D eigenvalue weighted by atomic mass is 35.5. The van der Waals surface area contributed by atoms with Gasteiger partial charge in [0, 0.05) is 24.6 Å². The van der Waals surface area contributed by atoms with E-state index in [0.717, 1.165) is 30.0 Å². The van der Waals surface area contributed by atoms with Crippen LogP contribution in [0.5, 0.6) is 0 Å². The van der Waals surface area contributed by atoms with E-state index in [1.807, 2.05) is 6.92 Å². The van der Waals surface area contributed by atoms with E-state index in [9.17, 15) is 0 Å². The standard InChI is InChI=1S/C14H21ClN4/c1-5-7-12-17-13(15)11(4)14(18-12)19(10(2)3)9-6-8-16/h10H,5-7,9H2,1-4H3. The van der Waals surface area contributed by atoms with Crippen molar-refractivity contribution in [3.63, 3.8) is 0 Å². The zero-order valence-electron chi connectivity index (χ0n) is 12.1. The topological polar surface area (TPSA) is 52.8 Å². The molecule has 5 heteroatoms. The van der Waals surface area contributed by atoms with E-state index in [0.29, 0.717) is 18.1 Å². The van der Waals surface area contributed by atoms with Crippen LogP contribution in [-0.4, -0.2) is 22.6 Å². The van der Waals surface area contributed by atoms with Crippen molar-refractivity contribution in [3.05, 3.63) is 16.5 Å². The number of aromatic nitrogens is 2. The maximum Gasteiger partial charge on any atom is 0.137 e. The van der Waals surface area contributed by atoms with E-state index in [2.05, 4.69) is 41.7 Å². The second kappa shape index (κ2) is 7.30.